The molecule has 0 aliphatic carbocycles. The zero-order valence-corrected chi connectivity index (χ0v) is 14.7. The minimum atomic E-state index is -0.118. The molecule has 5 nitrogen and oxygen atoms in total. The van der Waals surface area contributed by atoms with Crippen molar-refractivity contribution in [2.45, 2.75) is 38.7 Å². The van der Waals surface area contributed by atoms with Crippen molar-refractivity contribution in [2.75, 3.05) is 13.2 Å². The molecule has 2 heterocycles. The topological polar surface area (TPSA) is 56.1 Å². The van der Waals surface area contributed by atoms with Crippen LogP contribution in [0, 0.1) is 0 Å². The maximum atomic E-state index is 12.6. The molecule has 1 aliphatic heterocycles. The van der Waals surface area contributed by atoms with Crippen molar-refractivity contribution >= 4 is 17.5 Å². The molecule has 1 atom stereocenters. The highest BCUT2D eigenvalue weighted by molar-refractivity contribution is 6.32. The zero-order chi connectivity index (χ0) is 17.1. The fourth-order valence-electron chi connectivity index (χ4n) is 3.01. The van der Waals surface area contributed by atoms with E-state index in [1.165, 1.54) is 0 Å². The normalized spacial score (nSPS) is 17.4. The van der Waals surface area contributed by atoms with E-state index >= 15 is 0 Å². The van der Waals surface area contributed by atoms with Crippen LogP contribution in [0.1, 0.15) is 48.7 Å². The summed E-state index contributed by atoms with van der Waals surface area (Å²) >= 11 is 6.29. The van der Waals surface area contributed by atoms with Crippen molar-refractivity contribution < 1.29 is 9.53 Å². The number of aromatic nitrogens is 2. The third-order valence-corrected chi connectivity index (χ3v) is 4.51. The third-order valence-electron chi connectivity index (χ3n) is 4.19. The first-order chi connectivity index (χ1) is 11.6. The van der Waals surface area contributed by atoms with Gasteiger partial charge in [-0.15, -0.1) is 0 Å². The van der Waals surface area contributed by atoms with Crippen LogP contribution < -0.4 is 5.32 Å². The van der Waals surface area contributed by atoms with Gasteiger partial charge in [0.1, 0.15) is 0 Å². The Morgan fingerprint density at radius 1 is 1.46 bits per heavy atom. The molecule has 1 aromatic heterocycles. The van der Waals surface area contributed by atoms with Gasteiger partial charge in [0, 0.05) is 13.2 Å². The Bertz CT molecular complexity index is 721. The molecular weight excluding hydrogens is 326 g/mol. The highest BCUT2D eigenvalue weighted by atomic mass is 35.5. The van der Waals surface area contributed by atoms with Crippen LogP contribution in [0.5, 0.6) is 0 Å². The number of benzene rings is 1. The molecule has 1 aliphatic rings. The minimum Gasteiger partial charge on any atom is -0.376 e. The summed E-state index contributed by atoms with van der Waals surface area (Å²) in [5, 5.41) is 7.98. The van der Waals surface area contributed by atoms with Crippen molar-refractivity contribution in [3.8, 4) is 5.69 Å². The van der Waals surface area contributed by atoms with Gasteiger partial charge in [-0.25, -0.2) is 4.68 Å². The summed E-state index contributed by atoms with van der Waals surface area (Å²) in [5.74, 6) is 0.0137. The SMILES string of the molecule is CC(C)c1c(C(=O)NCC2CCCO2)cnn1-c1ccccc1Cl. The predicted octanol–water partition coefficient (Wildman–Crippen LogP) is 3.56. The average molecular weight is 348 g/mol. The molecule has 3 rings (SSSR count). The first-order valence-corrected chi connectivity index (χ1v) is 8.68. The van der Waals surface area contributed by atoms with Crippen molar-refractivity contribution in [3.63, 3.8) is 0 Å². The van der Waals surface area contributed by atoms with Crippen LogP contribution in [0.3, 0.4) is 0 Å². The van der Waals surface area contributed by atoms with Gasteiger partial charge < -0.3 is 10.1 Å². The number of carbonyl (C=O) groups excluding carboxylic acids is 1. The molecule has 1 fully saturated rings. The van der Waals surface area contributed by atoms with E-state index in [0.29, 0.717) is 17.1 Å². The molecule has 1 N–H and O–H groups in total. The van der Waals surface area contributed by atoms with E-state index in [4.69, 9.17) is 16.3 Å². The summed E-state index contributed by atoms with van der Waals surface area (Å²) in [4.78, 5) is 12.6. The molecule has 1 amide bonds. The van der Waals surface area contributed by atoms with Gasteiger partial charge in [-0.05, 0) is 30.9 Å². The largest absolute Gasteiger partial charge is 0.376 e. The van der Waals surface area contributed by atoms with Gasteiger partial charge in [-0.1, -0.05) is 37.6 Å². The van der Waals surface area contributed by atoms with E-state index in [1.54, 1.807) is 10.9 Å². The standard InChI is InChI=1S/C18H22ClN3O2/c1-12(2)17-14(18(23)20-10-13-6-5-9-24-13)11-21-22(17)16-8-4-3-7-15(16)19/h3-4,7-8,11-13H,5-6,9-10H2,1-2H3,(H,20,23). The highest BCUT2D eigenvalue weighted by Gasteiger charge is 2.23. The Labute approximate surface area is 147 Å². The van der Waals surface area contributed by atoms with Gasteiger partial charge in [0.2, 0.25) is 0 Å². The second-order valence-corrected chi connectivity index (χ2v) is 6.71. The van der Waals surface area contributed by atoms with Gasteiger partial charge in [0.15, 0.2) is 0 Å². The van der Waals surface area contributed by atoms with Crippen molar-refractivity contribution in [1.29, 1.82) is 0 Å². The Hall–Kier alpha value is -1.85. The second kappa shape index (κ2) is 7.36. The lowest BCUT2D eigenvalue weighted by molar-refractivity contribution is 0.0856. The molecule has 0 bridgehead atoms. The number of ether oxygens (including phenoxy) is 1. The molecule has 24 heavy (non-hydrogen) atoms. The monoisotopic (exact) mass is 347 g/mol. The molecule has 1 aromatic carbocycles. The zero-order valence-electron chi connectivity index (χ0n) is 14.0. The van der Waals surface area contributed by atoms with Crippen LogP contribution in [0.15, 0.2) is 30.5 Å². The molecule has 1 saturated heterocycles. The fraction of sp³-hybridized carbons (Fsp3) is 0.444. The lowest BCUT2D eigenvalue weighted by atomic mass is 10.0. The molecule has 2 aromatic rings. The first kappa shape index (κ1) is 17.0. The van der Waals surface area contributed by atoms with E-state index in [1.807, 2.05) is 38.1 Å². The number of halogens is 1. The number of nitrogens with one attached hydrogen (secondary N) is 1. The van der Waals surface area contributed by atoms with Gasteiger partial charge >= 0.3 is 0 Å². The third kappa shape index (κ3) is 3.47. The lowest BCUT2D eigenvalue weighted by Crippen LogP contribution is -2.32. The van der Waals surface area contributed by atoms with E-state index in [-0.39, 0.29) is 17.9 Å². The second-order valence-electron chi connectivity index (χ2n) is 6.31. The molecule has 128 valence electrons. The van der Waals surface area contributed by atoms with Crippen LogP contribution in [-0.4, -0.2) is 34.9 Å². The van der Waals surface area contributed by atoms with Gasteiger partial charge in [-0.3, -0.25) is 4.79 Å². The maximum Gasteiger partial charge on any atom is 0.254 e. The number of nitrogens with zero attached hydrogens (tertiary/aromatic N) is 2. The van der Waals surface area contributed by atoms with E-state index in [9.17, 15) is 4.79 Å². The van der Waals surface area contributed by atoms with Crippen LogP contribution in [0.4, 0.5) is 0 Å². The molecule has 1 unspecified atom stereocenters. The van der Waals surface area contributed by atoms with Crippen molar-refractivity contribution in [3.05, 3.63) is 46.7 Å². The number of hydrogen-bond donors (Lipinski definition) is 1. The number of para-hydroxylation sites is 1. The number of amides is 1. The summed E-state index contributed by atoms with van der Waals surface area (Å²) in [6.45, 7) is 5.40. The smallest absolute Gasteiger partial charge is 0.254 e. The Morgan fingerprint density at radius 3 is 2.92 bits per heavy atom. The number of rotatable bonds is 5. The molecule has 0 saturated carbocycles. The average Bonchev–Trinajstić information content (AvgIpc) is 3.22. The van der Waals surface area contributed by atoms with Crippen LogP contribution in [0.25, 0.3) is 5.69 Å². The molecule has 0 radical (unpaired) electrons. The maximum absolute atomic E-state index is 12.6. The van der Waals surface area contributed by atoms with E-state index in [0.717, 1.165) is 30.8 Å². The quantitative estimate of drug-likeness (QED) is 0.899. The van der Waals surface area contributed by atoms with Crippen molar-refractivity contribution in [2.24, 2.45) is 0 Å². The number of hydrogen-bond acceptors (Lipinski definition) is 3. The summed E-state index contributed by atoms with van der Waals surface area (Å²) < 4.78 is 7.31. The molecular formula is C18H22ClN3O2. The lowest BCUT2D eigenvalue weighted by Gasteiger charge is -2.15. The van der Waals surface area contributed by atoms with Crippen LogP contribution in [0.2, 0.25) is 5.02 Å². The fourth-order valence-corrected chi connectivity index (χ4v) is 3.23. The predicted molar refractivity (Wildman–Crippen MR) is 94.0 cm³/mol. The van der Waals surface area contributed by atoms with Crippen molar-refractivity contribution in [1.82, 2.24) is 15.1 Å². The van der Waals surface area contributed by atoms with Crippen LogP contribution >= 0.6 is 11.6 Å². The summed E-state index contributed by atoms with van der Waals surface area (Å²) in [6, 6.07) is 7.50. The first-order valence-electron chi connectivity index (χ1n) is 8.30. The summed E-state index contributed by atoms with van der Waals surface area (Å²) in [5.41, 5.74) is 2.22. The van der Waals surface area contributed by atoms with Gasteiger partial charge in [0.25, 0.3) is 5.91 Å². The van der Waals surface area contributed by atoms with Gasteiger partial charge in [-0.2, -0.15) is 5.10 Å². The number of carbonyl (C=O) groups is 1. The molecule has 0 spiro atoms. The Kier molecular flexibility index (Phi) is 5.21. The van der Waals surface area contributed by atoms with Gasteiger partial charge in [0.05, 0.1) is 34.3 Å². The molecule has 6 heteroatoms. The van der Waals surface area contributed by atoms with E-state index in [2.05, 4.69) is 10.4 Å². The minimum absolute atomic E-state index is 0.118. The van der Waals surface area contributed by atoms with Crippen LogP contribution in [-0.2, 0) is 4.74 Å². The Balaban J connectivity index is 1.86. The summed E-state index contributed by atoms with van der Waals surface area (Å²) in [7, 11) is 0. The highest BCUT2D eigenvalue weighted by Crippen LogP contribution is 2.27. The summed E-state index contributed by atoms with van der Waals surface area (Å²) in [6.07, 6.45) is 3.79. The van der Waals surface area contributed by atoms with E-state index < -0.39 is 0 Å². The Morgan fingerprint density at radius 2 is 2.25 bits per heavy atom.